The largest absolute Gasteiger partial charge is 0.456 e. The van der Waals surface area contributed by atoms with Crippen LogP contribution < -0.4 is 10.3 Å². The molecular weight excluding hydrogens is 454 g/mol. The minimum absolute atomic E-state index is 0.0656. The zero-order valence-corrected chi connectivity index (χ0v) is 19.7. The number of esters is 1. The number of nitrogens with one attached hydrogen (secondary N) is 1. The van der Waals surface area contributed by atoms with E-state index in [1.165, 1.54) is 22.6 Å². The molecule has 0 atom stereocenters. The summed E-state index contributed by atoms with van der Waals surface area (Å²) in [5.74, 6) is -0.712. The summed E-state index contributed by atoms with van der Waals surface area (Å²) in [5, 5.41) is 0. The van der Waals surface area contributed by atoms with E-state index in [2.05, 4.69) is 9.71 Å². The fraction of sp³-hybridized carbons (Fsp3) is 0.160. The molecule has 0 radical (unpaired) electrons. The molecule has 2 aromatic heterocycles. The Kier molecular flexibility index (Phi) is 6.21. The van der Waals surface area contributed by atoms with Gasteiger partial charge in [0, 0.05) is 17.4 Å². The maximum absolute atomic E-state index is 12.9. The summed E-state index contributed by atoms with van der Waals surface area (Å²) in [7, 11) is -3.92. The van der Waals surface area contributed by atoms with Crippen LogP contribution in [-0.4, -0.2) is 23.8 Å². The lowest BCUT2D eigenvalue weighted by atomic mass is 10.1. The molecule has 0 spiro atoms. The van der Waals surface area contributed by atoms with Gasteiger partial charge in [0.15, 0.2) is 0 Å². The van der Waals surface area contributed by atoms with E-state index >= 15 is 0 Å². The number of pyridine rings is 1. The van der Waals surface area contributed by atoms with Crippen molar-refractivity contribution in [3.05, 3.63) is 105 Å². The van der Waals surface area contributed by atoms with Crippen molar-refractivity contribution < 1.29 is 17.9 Å². The molecule has 0 amide bonds. The lowest BCUT2D eigenvalue weighted by Gasteiger charge is -2.12. The summed E-state index contributed by atoms with van der Waals surface area (Å²) in [6, 6.07) is 17.8. The quantitative estimate of drug-likeness (QED) is 0.424. The number of aryl methyl sites for hydroxylation is 3. The van der Waals surface area contributed by atoms with Gasteiger partial charge in [0.2, 0.25) is 0 Å². The van der Waals surface area contributed by atoms with Gasteiger partial charge in [-0.1, -0.05) is 24.3 Å². The molecule has 0 saturated heterocycles. The summed E-state index contributed by atoms with van der Waals surface area (Å²) in [6.07, 6.45) is 0. The molecule has 2 heterocycles. The molecule has 1 N–H and O–H groups in total. The molecular formula is C25H23N3O5S. The number of anilines is 1. The third-order valence-corrected chi connectivity index (χ3v) is 6.67. The minimum atomic E-state index is -3.92. The van der Waals surface area contributed by atoms with E-state index in [-0.39, 0.29) is 22.6 Å². The molecule has 8 nitrogen and oxygen atoms in total. The van der Waals surface area contributed by atoms with E-state index in [9.17, 15) is 18.0 Å². The van der Waals surface area contributed by atoms with Crippen molar-refractivity contribution in [2.45, 2.75) is 32.3 Å². The number of benzene rings is 2. The predicted octanol–water partition coefficient (Wildman–Crippen LogP) is 3.78. The average molecular weight is 478 g/mol. The Morgan fingerprint density at radius 3 is 2.53 bits per heavy atom. The molecule has 0 unspecified atom stereocenters. The third kappa shape index (κ3) is 4.84. The monoisotopic (exact) mass is 477 g/mol. The highest BCUT2D eigenvalue weighted by Crippen LogP contribution is 2.21. The van der Waals surface area contributed by atoms with Gasteiger partial charge in [-0.25, -0.2) is 18.2 Å². The molecule has 4 rings (SSSR count). The fourth-order valence-corrected chi connectivity index (χ4v) is 4.64. The van der Waals surface area contributed by atoms with Gasteiger partial charge < -0.3 is 4.74 Å². The number of ether oxygens (including phenoxy) is 1. The number of hydrogen-bond acceptors (Lipinski definition) is 6. The maximum Gasteiger partial charge on any atom is 0.338 e. The highest BCUT2D eigenvalue weighted by Gasteiger charge is 2.19. The van der Waals surface area contributed by atoms with Gasteiger partial charge in [0.05, 0.1) is 16.2 Å². The van der Waals surface area contributed by atoms with Crippen molar-refractivity contribution in [1.82, 2.24) is 9.38 Å². The first-order valence-corrected chi connectivity index (χ1v) is 12.0. The van der Waals surface area contributed by atoms with Gasteiger partial charge in [-0.3, -0.25) is 13.9 Å². The van der Waals surface area contributed by atoms with Crippen molar-refractivity contribution in [2.24, 2.45) is 0 Å². The van der Waals surface area contributed by atoms with Gasteiger partial charge in [0.1, 0.15) is 12.3 Å². The number of aromatic nitrogens is 2. The molecule has 2 aromatic carbocycles. The normalized spacial score (nSPS) is 11.4. The number of nitrogens with zero attached hydrogens (tertiary/aromatic N) is 2. The first-order chi connectivity index (χ1) is 16.1. The molecule has 0 aliphatic carbocycles. The highest BCUT2D eigenvalue weighted by atomic mass is 32.2. The summed E-state index contributed by atoms with van der Waals surface area (Å²) in [4.78, 5) is 29.5. The summed E-state index contributed by atoms with van der Waals surface area (Å²) >= 11 is 0. The van der Waals surface area contributed by atoms with Gasteiger partial charge in [0.25, 0.3) is 15.6 Å². The van der Waals surface area contributed by atoms with Crippen LogP contribution in [0.3, 0.4) is 0 Å². The van der Waals surface area contributed by atoms with E-state index in [1.54, 1.807) is 56.3 Å². The van der Waals surface area contributed by atoms with Gasteiger partial charge >= 0.3 is 5.97 Å². The second kappa shape index (κ2) is 9.11. The number of rotatable bonds is 6. The Labute approximate surface area is 196 Å². The Morgan fingerprint density at radius 2 is 1.76 bits per heavy atom. The van der Waals surface area contributed by atoms with Crippen molar-refractivity contribution in [3.63, 3.8) is 0 Å². The third-order valence-electron chi connectivity index (χ3n) is 5.29. The van der Waals surface area contributed by atoms with Crippen LogP contribution in [-0.2, 0) is 21.4 Å². The van der Waals surface area contributed by atoms with Crippen molar-refractivity contribution in [3.8, 4) is 0 Å². The summed E-state index contributed by atoms with van der Waals surface area (Å²) in [6.45, 7) is 5.12. The lowest BCUT2D eigenvalue weighted by Crippen LogP contribution is -2.19. The van der Waals surface area contributed by atoms with E-state index < -0.39 is 16.0 Å². The highest BCUT2D eigenvalue weighted by molar-refractivity contribution is 7.92. The van der Waals surface area contributed by atoms with Crippen LogP contribution in [0.4, 0.5) is 5.69 Å². The molecule has 0 saturated carbocycles. The van der Waals surface area contributed by atoms with Crippen molar-refractivity contribution in [2.75, 3.05) is 4.72 Å². The van der Waals surface area contributed by atoms with Crippen LogP contribution in [0, 0.1) is 20.8 Å². The Hall–Kier alpha value is -3.98. The number of hydrogen-bond donors (Lipinski definition) is 1. The molecule has 0 bridgehead atoms. The number of fused-ring (bicyclic) bond motifs is 1. The fourth-order valence-electron chi connectivity index (χ4n) is 3.57. The predicted molar refractivity (Wildman–Crippen MR) is 128 cm³/mol. The molecule has 4 aromatic rings. The number of sulfonamides is 1. The zero-order chi connectivity index (χ0) is 24.5. The van der Waals surface area contributed by atoms with E-state index in [1.807, 2.05) is 13.0 Å². The molecule has 34 heavy (non-hydrogen) atoms. The average Bonchev–Trinajstić information content (AvgIpc) is 2.77. The smallest absolute Gasteiger partial charge is 0.338 e. The van der Waals surface area contributed by atoms with Gasteiger partial charge in [-0.15, -0.1) is 0 Å². The standard InChI is InChI=1S/C25H23N3O5S/c1-16-6-4-8-19(12-16)27-34(31,32)21-11-10-17(2)22(14-21)25(30)33-15-20-13-24(29)28-18(3)7-5-9-23(28)26-20/h4-14,27H,15H2,1-3H3. The van der Waals surface area contributed by atoms with Gasteiger partial charge in [-0.05, 0) is 68.3 Å². The SMILES string of the molecule is Cc1cccc(NS(=O)(=O)c2ccc(C)c(C(=O)OCc3cc(=O)n4c(C)cccc4n3)c2)c1. The number of carbonyl (C=O) groups excluding carboxylic acids is 1. The molecule has 174 valence electrons. The second-order valence-corrected chi connectivity index (χ2v) is 9.66. The molecule has 9 heteroatoms. The van der Waals surface area contributed by atoms with Crippen molar-refractivity contribution in [1.29, 1.82) is 0 Å². The van der Waals surface area contributed by atoms with Crippen LogP contribution in [0.2, 0.25) is 0 Å². The van der Waals surface area contributed by atoms with Crippen LogP contribution in [0.25, 0.3) is 5.65 Å². The van der Waals surface area contributed by atoms with E-state index in [0.29, 0.717) is 22.6 Å². The Bertz CT molecular complexity index is 1580. The van der Waals surface area contributed by atoms with Crippen LogP contribution in [0.5, 0.6) is 0 Å². The van der Waals surface area contributed by atoms with Crippen LogP contribution in [0.15, 0.2) is 76.4 Å². The first kappa shape index (κ1) is 23.2. The van der Waals surface area contributed by atoms with Crippen molar-refractivity contribution >= 4 is 27.3 Å². The van der Waals surface area contributed by atoms with Gasteiger partial charge in [-0.2, -0.15) is 0 Å². The second-order valence-electron chi connectivity index (χ2n) is 7.97. The van der Waals surface area contributed by atoms with E-state index in [0.717, 1.165) is 11.3 Å². The molecule has 0 aliphatic heterocycles. The van der Waals surface area contributed by atoms with E-state index in [4.69, 9.17) is 4.74 Å². The van der Waals surface area contributed by atoms with Crippen LogP contribution >= 0.6 is 0 Å². The number of carbonyl (C=O) groups is 1. The Balaban J connectivity index is 1.55. The summed E-state index contributed by atoms with van der Waals surface area (Å²) < 4.78 is 35.1. The lowest BCUT2D eigenvalue weighted by molar-refractivity contribution is 0.0466. The Morgan fingerprint density at radius 1 is 1.00 bits per heavy atom. The summed E-state index contributed by atoms with van der Waals surface area (Å²) in [5.41, 5.74) is 3.21. The molecule has 0 aliphatic rings. The topological polar surface area (TPSA) is 107 Å². The molecule has 0 fully saturated rings. The van der Waals surface area contributed by atoms with Crippen LogP contribution in [0.1, 0.15) is 32.9 Å². The maximum atomic E-state index is 12.9. The zero-order valence-electron chi connectivity index (χ0n) is 18.9. The first-order valence-electron chi connectivity index (χ1n) is 10.5. The minimum Gasteiger partial charge on any atom is -0.456 e.